The molecule has 0 bridgehead atoms. The lowest BCUT2D eigenvalue weighted by atomic mass is 10.1. The number of benzene rings is 1. The summed E-state index contributed by atoms with van der Waals surface area (Å²) in [5.41, 5.74) is 0.730. The van der Waals surface area contributed by atoms with Crippen LogP contribution < -0.4 is 14.8 Å². The standard InChI is InChI=1S/C15H23NO4/c1-9(2)16-15(18)11(4)20-13-7-6-12(10(3)17)8-14(13)19-5/h6-11,17H,1-5H3,(H,16,18)/t10-,11?/m0/s1. The van der Waals surface area contributed by atoms with Gasteiger partial charge in [-0.3, -0.25) is 4.79 Å². The molecular formula is C15H23NO4. The summed E-state index contributed by atoms with van der Waals surface area (Å²) in [4.78, 5) is 11.8. The Morgan fingerprint density at radius 2 is 1.85 bits per heavy atom. The number of ether oxygens (including phenoxy) is 2. The number of aliphatic hydroxyl groups excluding tert-OH is 1. The van der Waals surface area contributed by atoms with Gasteiger partial charge in [0, 0.05) is 6.04 Å². The molecule has 0 aliphatic heterocycles. The molecule has 0 aromatic heterocycles. The fourth-order valence-electron chi connectivity index (χ4n) is 1.69. The van der Waals surface area contributed by atoms with E-state index in [1.807, 2.05) is 13.8 Å². The van der Waals surface area contributed by atoms with Crippen molar-refractivity contribution in [1.29, 1.82) is 0 Å². The number of aliphatic hydroxyl groups is 1. The van der Waals surface area contributed by atoms with Gasteiger partial charge in [0.15, 0.2) is 17.6 Å². The average molecular weight is 281 g/mol. The molecule has 1 aromatic rings. The van der Waals surface area contributed by atoms with E-state index in [0.717, 1.165) is 5.56 Å². The maximum atomic E-state index is 11.8. The van der Waals surface area contributed by atoms with Crippen molar-refractivity contribution in [3.05, 3.63) is 23.8 Å². The minimum Gasteiger partial charge on any atom is -0.493 e. The number of hydrogen-bond donors (Lipinski definition) is 2. The van der Waals surface area contributed by atoms with Crippen molar-refractivity contribution in [2.75, 3.05) is 7.11 Å². The Hall–Kier alpha value is -1.75. The largest absolute Gasteiger partial charge is 0.493 e. The SMILES string of the molecule is COc1cc([C@H](C)O)ccc1OC(C)C(=O)NC(C)C. The highest BCUT2D eigenvalue weighted by Crippen LogP contribution is 2.31. The Morgan fingerprint density at radius 1 is 1.20 bits per heavy atom. The number of methoxy groups -OCH3 is 1. The summed E-state index contributed by atoms with van der Waals surface area (Å²) in [6, 6.07) is 5.20. The predicted molar refractivity (Wildman–Crippen MR) is 77.0 cm³/mol. The van der Waals surface area contributed by atoms with Crippen LogP contribution in [0.3, 0.4) is 0 Å². The van der Waals surface area contributed by atoms with Gasteiger partial charge in [-0.05, 0) is 45.4 Å². The van der Waals surface area contributed by atoms with Crippen LogP contribution in [0.15, 0.2) is 18.2 Å². The van der Waals surface area contributed by atoms with E-state index in [-0.39, 0.29) is 11.9 Å². The van der Waals surface area contributed by atoms with Gasteiger partial charge in [-0.15, -0.1) is 0 Å². The van der Waals surface area contributed by atoms with Gasteiger partial charge in [0.1, 0.15) is 0 Å². The zero-order valence-electron chi connectivity index (χ0n) is 12.6. The second-order valence-corrected chi connectivity index (χ2v) is 5.01. The molecule has 0 fully saturated rings. The fraction of sp³-hybridized carbons (Fsp3) is 0.533. The van der Waals surface area contributed by atoms with Crippen molar-refractivity contribution in [1.82, 2.24) is 5.32 Å². The summed E-state index contributed by atoms with van der Waals surface area (Å²) < 4.78 is 10.8. The molecule has 0 spiro atoms. The van der Waals surface area contributed by atoms with Gasteiger partial charge in [0.05, 0.1) is 13.2 Å². The van der Waals surface area contributed by atoms with Crippen LogP contribution >= 0.6 is 0 Å². The molecule has 0 aliphatic carbocycles. The van der Waals surface area contributed by atoms with Gasteiger partial charge in [0.2, 0.25) is 0 Å². The third-order valence-corrected chi connectivity index (χ3v) is 2.77. The predicted octanol–water partition coefficient (Wildman–Crippen LogP) is 2.04. The summed E-state index contributed by atoms with van der Waals surface area (Å²) in [6.07, 6.45) is -1.21. The van der Waals surface area contributed by atoms with Crippen LogP contribution in [-0.2, 0) is 4.79 Å². The molecule has 2 N–H and O–H groups in total. The van der Waals surface area contributed by atoms with E-state index in [9.17, 15) is 9.90 Å². The number of rotatable bonds is 6. The Bertz CT molecular complexity index is 457. The maximum Gasteiger partial charge on any atom is 0.260 e. The summed E-state index contributed by atoms with van der Waals surface area (Å²) in [5.74, 6) is 0.789. The van der Waals surface area contributed by atoms with Crippen LogP contribution in [0.25, 0.3) is 0 Å². The molecule has 1 amide bonds. The van der Waals surface area contributed by atoms with Crippen LogP contribution in [0.2, 0.25) is 0 Å². The molecule has 5 nitrogen and oxygen atoms in total. The van der Waals surface area contributed by atoms with E-state index in [0.29, 0.717) is 11.5 Å². The van der Waals surface area contributed by atoms with Crippen molar-refractivity contribution in [3.63, 3.8) is 0 Å². The zero-order valence-corrected chi connectivity index (χ0v) is 12.6. The number of nitrogens with one attached hydrogen (secondary N) is 1. The van der Waals surface area contributed by atoms with E-state index < -0.39 is 12.2 Å². The minimum atomic E-state index is -0.622. The van der Waals surface area contributed by atoms with E-state index in [1.165, 1.54) is 7.11 Å². The molecule has 0 saturated carbocycles. The lowest BCUT2D eigenvalue weighted by Gasteiger charge is -2.18. The van der Waals surface area contributed by atoms with Gasteiger partial charge in [-0.1, -0.05) is 6.07 Å². The van der Waals surface area contributed by atoms with Gasteiger partial charge in [-0.25, -0.2) is 0 Å². The van der Waals surface area contributed by atoms with E-state index in [4.69, 9.17) is 9.47 Å². The molecule has 0 heterocycles. The highest BCUT2D eigenvalue weighted by Gasteiger charge is 2.18. The molecule has 0 aliphatic rings. The van der Waals surface area contributed by atoms with Crippen molar-refractivity contribution in [2.45, 2.75) is 45.9 Å². The topological polar surface area (TPSA) is 67.8 Å². The fourth-order valence-corrected chi connectivity index (χ4v) is 1.69. The first-order valence-corrected chi connectivity index (χ1v) is 6.68. The highest BCUT2D eigenvalue weighted by molar-refractivity contribution is 5.81. The van der Waals surface area contributed by atoms with Gasteiger partial charge in [-0.2, -0.15) is 0 Å². The van der Waals surface area contributed by atoms with Crippen molar-refractivity contribution >= 4 is 5.91 Å². The van der Waals surface area contributed by atoms with Crippen molar-refractivity contribution in [3.8, 4) is 11.5 Å². The van der Waals surface area contributed by atoms with Gasteiger partial charge < -0.3 is 19.9 Å². The maximum absolute atomic E-state index is 11.8. The molecule has 5 heteroatoms. The van der Waals surface area contributed by atoms with E-state index in [1.54, 1.807) is 32.0 Å². The van der Waals surface area contributed by atoms with Crippen molar-refractivity contribution < 1.29 is 19.4 Å². The summed E-state index contributed by atoms with van der Waals surface area (Å²) in [5, 5.41) is 12.3. The van der Waals surface area contributed by atoms with E-state index in [2.05, 4.69) is 5.32 Å². The first-order valence-electron chi connectivity index (χ1n) is 6.68. The van der Waals surface area contributed by atoms with Gasteiger partial charge >= 0.3 is 0 Å². The summed E-state index contributed by atoms with van der Waals surface area (Å²) in [7, 11) is 1.52. The Morgan fingerprint density at radius 3 is 2.35 bits per heavy atom. The van der Waals surface area contributed by atoms with Crippen molar-refractivity contribution in [2.24, 2.45) is 0 Å². The Kier molecular flexibility index (Phi) is 5.82. The number of hydrogen-bond acceptors (Lipinski definition) is 4. The second-order valence-electron chi connectivity index (χ2n) is 5.01. The molecular weight excluding hydrogens is 258 g/mol. The average Bonchev–Trinajstić information content (AvgIpc) is 2.37. The van der Waals surface area contributed by atoms with Gasteiger partial charge in [0.25, 0.3) is 5.91 Å². The van der Waals surface area contributed by atoms with Crippen LogP contribution in [-0.4, -0.2) is 30.3 Å². The highest BCUT2D eigenvalue weighted by atomic mass is 16.5. The zero-order chi connectivity index (χ0) is 15.3. The molecule has 2 atom stereocenters. The minimum absolute atomic E-state index is 0.0630. The van der Waals surface area contributed by atoms with Crippen LogP contribution in [0.4, 0.5) is 0 Å². The molecule has 1 aromatic carbocycles. The number of carbonyl (C=O) groups excluding carboxylic acids is 1. The lowest BCUT2D eigenvalue weighted by molar-refractivity contribution is -0.127. The lowest BCUT2D eigenvalue weighted by Crippen LogP contribution is -2.40. The first kappa shape index (κ1) is 16.3. The summed E-state index contributed by atoms with van der Waals surface area (Å²) in [6.45, 7) is 7.14. The number of carbonyl (C=O) groups is 1. The molecule has 0 saturated heterocycles. The molecule has 1 unspecified atom stereocenters. The number of amides is 1. The van der Waals surface area contributed by atoms with E-state index >= 15 is 0 Å². The normalized spacial score (nSPS) is 13.8. The smallest absolute Gasteiger partial charge is 0.260 e. The molecule has 1 rings (SSSR count). The van der Waals surface area contributed by atoms with Crippen LogP contribution in [0.5, 0.6) is 11.5 Å². The second kappa shape index (κ2) is 7.14. The Balaban J connectivity index is 2.84. The molecule has 112 valence electrons. The monoisotopic (exact) mass is 281 g/mol. The third-order valence-electron chi connectivity index (χ3n) is 2.77. The quantitative estimate of drug-likeness (QED) is 0.837. The van der Waals surface area contributed by atoms with Crippen LogP contribution in [0.1, 0.15) is 39.4 Å². The molecule has 20 heavy (non-hydrogen) atoms. The Labute approximate surface area is 119 Å². The first-order chi connectivity index (χ1) is 9.35. The third kappa shape index (κ3) is 4.42. The van der Waals surface area contributed by atoms with Crippen LogP contribution in [0, 0.1) is 0 Å². The summed E-state index contributed by atoms with van der Waals surface area (Å²) >= 11 is 0. The molecule has 0 radical (unpaired) electrons.